The van der Waals surface area contributed by atoms with E-state index in [9.17, 15) is 45.8 Å². The summed E-state index contributed by atoms with van der Waals surface area (Å²) >= 11 is 0. The van der Waals surface area contributed by atoms with Crippen LogP contribution < -0.4 is 38.1 Å². The monoisotopic (exact) mass is 1170 g/mol. The van der Waals surface area contributed by atoms with E-state index in [0.717, 1.165) is 67.3 Å². The van der Waals surface area contributed by atoms with E-state index >= 15 is 0 Å². The first-order chi connectivity index (χ1) is 40.0. The predicted octanol–water partition coefficient (Wildman–Crippen LogP) is 9.55. The summed E-state index contributed by atoms with van der Waals surface area (Å²) < 4.78 is 81.4. The highest BCUT2D eigenvalue weighted by atomic mass is 19.4. The Labute approximate surface area is 487 Å². The van der Waals surface area contributed by atoms with Gasteiger partial charge in [-0.05, 0) is 97.1 Å². The fourth-order valence-corrected chi connectivity index (χ4v) is 8.77. The van der Waals surface area contributed by atoms with E-state index in [1.807, 2.05) is 25.4 Å². The van der Waals surface area contributed by atoms with Gasteiger partial charge in [-0.3, -0.25) is 19.1 Å². The number of pyridine rings is 6. The maximum absolute atomic E-state index is 13.5. The molecular formula is C58H73F6N15O5. The second-order valence-electron chi connectivity index (χ2n) is 19.5. The molecule has 7 aromatic heterocycles. The van der Waals surface area contributed by atoms with Crippen molar-refractivity contribution in [2.24, 2.45) is 13.0 Å². The number of nitrogens with two attached hydrogens (primary N) is 3. The first kappa shape index (κ1) is 62.2. The quantitative estimate of drug-likeness (QED) is 0.0225. The van der Waals surface area contributed by atoms with Crippen molar-refractivity contribution in [1.82, 2.24) is 45.0 Å². The summed E-state index contributed by atoms with van der Waals surface area (Å²) in [4.78, 5) is 64.9. The van der Waals surface area contributed by atoms with Crippen molar-refractivity contribution in [2.45, 2.75) is 51.2 Å². The summed E-state index contributed by atoms with van der Waals surface area (Å²) in [7, 11) is 1.85. The molecule has 1 fully saturated rings. The lowest BCUT2D eigenvalue weighted by Gasteiger charge is -2.35. The van der Waals surface area contributed by atoms with Crippen LogP contribution in [0.2, 0.25) is 0 Å². The minimum absolute atomic E-state index is 0. The van der Waals surface area contributed by atoms with Crippen LogP contribution in [0.15, 0.2) is 134 Å². The minimum atomic E-state index is -4.78. The number of alkyl halides is 6. The Balaban J connectivity index is 0.000000658. The molecule has 8 heterocycles. The normalized spacial score (nSPS) is 13.7. The number of ketones is 3. The van der Waals surface area contributed by atoms with Crippen molar-refractivity contribution in [3.05, 3.63) is 185 Å². The van der Waals surface area contributed by atoms with Crippen LogP contribution in [-0.4, -0.2) is 113 Å². The molecule has 26 heteroatoms. The van der Waals surface area contributed by atoms with Crippen molar-refractivity contribution in [3.8, 4) is 11.1 Å². The lowest BCUT2D eigenvalue weighted by Crippen LogP contribution is -2.51. The molecule has 1 aliphatic rings. The van der Waals surface area contributed by atoms with Crippen molar-refractivity contribution in [3.63, 3.8) is 0 Å². The van der Waals surface area contributed by atoms with E-state index in [2.05, 4.69) is 64.7 Å². The number of aliphatic hydroxyl groups is 2. The number of halogens is 6. The second kappa shape index (κ2) is 28.1. The smallest absolute Gasteiger partial charge is 0.396 e. The van der Waals surface area contributed by atoms with Crippen LogP contribution in [0.4, 0.5) is 61.2 Å². The first-order valence-corrected chi connectivity index (χ1v) is 26.3. The third-order valence-corrected chi connectivity index (χ3v) is 12.8. The van der Waals surface area contributed by atoms with Gasteiger partial charge in [0.15, 0.2) is 0 Å². The zero-order valence-corrected chi connectivity index (χ0v) is 45.7. The van der Waals surface area contributed by atoms with Crippen LogP contribution in [-0.2, 0) is 19.4 Å². The molecule has 84 heavy (non-hydrogen) atoms. The van der Waals surface area contributed by atoms with Gasteiger partial charge in [0.05, 0.1) is 40.1 Å². The molecule has 20 nitrogen and oxygen atoms in total. The topological polar surface area (TPSA) is 304 Å². The molecule has 1 aromatic carbocycles. The van der Waals surface area contributed by atoms with Crippen LogP contribution in [0.5, 0.6) is 0 Å². The van der Waals surface area contributed by atoms with Crippen LogP contribution in [0, 0.1) is 5.92 Å². The van der Waals surface area contributed by atoms with Gasteiger partial charge in [0.25, 0.3) is 0 Å². The number of aromatic nitrogens is 8. The summed E-state index contributed by atoms with van der Waals surface area (Å²) in [5.41, 5.74) is 15.9. The van der Waals surface area contributed by atoms with Gasteiger partial charge in [-0.2, -0.15) is 31.4 Å². The predicted molar refractivity (Wildman–Crippen MR) is 317 cm³/mol. The van der Waals surface area contributed by atoms with Gasteiger partial charge >= 0.3 is 12.4 Å². The number of aliphatic hydroxyl groups excluding tert-OH is 2. The number of aryl methyl sites for hydroxylation is 1. The fraction of sp³-hybridized carbons (Fsp3) is 0.276. The molecule has 1 aliphatic heterocycles. The molecular weight excluding hydrogens is 1100 g/mol. The SMILES string of the molecule is CC(C)C[C@H]1CN(c2ccc(-c3cnn(C)c3)c(C(=O)c3cccnc3N)n2)CCN1.Nc1ncccc1C(=O)c1nc(NCCCO)ccc1C(F)(F)F.Nc1ncccc1C(=O)c1nc(NC[C@@H](O)c2ccccc2)ccc1C(F)(F)F.[HH].[HH].[HH].[HH].[HH].[HH]. The molecule has 452 valence electrons. The average molecular weight is 1170 g/mol. The molecule has 9 rings (SSSR count). The molecule has 0 spiro atoms. The Morgan fingerprint density at radius 1 is 0.702 bits per heavy atom. The molecule has 0 unspecified atom stereocenters. The molecule has 2 atom stereocenters. The standard InChI is InChI=1S/C23H29N7O.C20H17F3N4O2.C15H15F3N4O2.6H2/c1-15(2)11-17-14-30(10-9-25-17)20-7-6-18(16-12-27-29(3)13-16)21(28-20)22(31)19-5-4-8-26-23(19)24;21-20(22,23)14-8-9-16(26-11-15(28)12-5-2-1-3-6-12)27-17(14)18(29)13-7-4-10-25-19(13)24;16-15(17,18)10-4-5-11(20-7-2-8-23)22-12(10)13(24)9-3-1-6-21-14(9)19;;;;;;/h4-8,12-13,15,17,25H,9-11,14H2,1-3H3,(H2,24,26);1-10,15,28H,11H2,(H2,24,25)(H,26,27);1,3-6,23H,2,7-8H2,(H2,19,21)(H,20,22);6*1H/t17-;15-;;;;;;;/m01......./s1. The van der Waals surface area contributed by atoms with E-state index in [-0.39, 0.29) is 67.7 Å². The largest absolute Gasteiger partial charge is 0.418 e. The van der Waals surface area contributed by atoms with Crippen LogP contribution in [0.3, 0.4) is 0 Å². The number of carbonyl (C=O) groups excluding carboxylic acids is 3. The third kappa shape index (κ3) is 16.2. The summed E-state index contributed by atoms with van der Waals surface area (Å²) in [5, 5.41) is 32.3. The Bertz CT molecular complexity index is 3580. The van der Waals surface area contributed by atoms with Crippen LogP contribution in [0.25, 0.3) is 11.1 Å². The molecule has 0 bridgehead atoms. The number of benzene rings is 1. The number of nitrogen functional groups attached to an aromatic ring is 3. The van der Waals surface area contributed by atoms with Gasteiger partial charge in [0.1, 0.15) is 52.0 Å². The molecule has 0 amide bonds. The average Bonchev–Trinajstić information content (AvgIpc) is 1.78. The molecule has 0 radical (unpaired) electrons. The number of hydrogen-bond acceptors (Lipinski definition) is 19. The number of piperazine rings is 1. The zero-order valence-electron chi connectivity index (χ0n) is 45.7. The summed E-state index contributed by atoms with van der Waals surface area (Å²) in [6.45, 7) is 7.28. The summed E-state index contributed by atoms with van der Waals surface area (Å²) in [6, 6.07) is 25.6. The Kier molecular flexibility index (Phi) is 20.8. The summed E-state index contributed by atoms with van der Waals surface area (Å²) in [6.07, 6.45) is -1.09. The maximum Gasteiger partial charge on any atom is 0.418 e. The number of hydrogen-bond donors (Lipinski definition) is 8. The van der Waals surface area contributed by atoms with Gasteiger partial charge in [-0.1, -0.05) is 44.2 Å². The molecule has 0 aliphatic carbocycles. The Hall–Kier alpha value is -9.40. The Morgan fingerprint density at radius 3 is 1.70 bits per heavy atom. The van der Waals surface area contributed by atoms with Crippen molar-refractivity contribution >= 4 is 52.3 Å². The molecule has 0 saturated carbocycles. The fourth-order valence-electron chi connectivity index (χ4n) is 8.77. The molecule has 1 saturated heterocycles. The van der Waals surface area contributed by atoms with E-state index in [4.69, 9.17) is 27.3 Å². The van der Waals surface area contributed by atoms with Gasteiger partial charge in [0, 0.05) is 96.9 Å². The lowest BCUT2D eigenvalue weighted by molar-refractivity contribution is -0.138. The van der Waals surface area contributed by atoms with E-state index in [1.165, 1.54) is 36.7 Å². The Morgan fingerprint density at radius 2 is 1.23 bits per heavy atom. The highest BCUT2D eigenvalue weighted by Crippen LogP contribution is 2.36. The van der Waals surface area contributed by atoms with E-state index in [1.54, 1.807) is 59.5 Å². The van der Waals surface area contributed by atoms with Gasteiger partial charge in [-0.25, -0.2) is 29.9 Å². The van der Waals surface area contributed by atoms with Gasteiger partial charge in [0.2, 0.25) is 17.3 Å². The van der Waals surface area contributed by atoms with Crippen molar-refractivity contribution in [2.75, 3.05) is 72.1 Å². The lowest BCUT2D eigenvalue weighted by atomic mass is 10.00. The molecule has 11 N–H and O–H groups in total. The van der Waals surface area contributed by atoms with Gasteiger partial charge in [-0.15, -0.1) is 0 Å². The maximum atomic E-state index is 13.5. The van der Waals surface area contributed by atoms with Crippen molar-refractivity contribution in [1.29, 1.82) is 0 Å². The van der Waals surface area contributed by atoms with Gasteiger partial charge < -0.3 is 48.3 Å². The molecule has 8 aromatic rings. The number of nitrogens with zero attached hydrogens (tertiary/aromatic N) is 9. The van der Waals surface area contributed by atoms with E-state index in [0.29, 0.717) is 41.7 Å². The highest BCUT2D eigenvalue weighted by Gasteiger charge is 2.38. The second-order valence-corrected chi connectivity index (χ2v) is 19.5. The number of carbonyl (C=O) groups is 3. The number of rotatable bonds is 18. The number of anilines is 6. The zero-order chi connectivity index (χ0) is 60.7. The number of nitrogens with one attached hydrogen (secondary N) is 3. The van der Waals surface area contributed by atoms with Crippen LogP contribution >= 0.6 is 0 Å². The van der Waals surface area contributed by atoms with Crippen LogP contribution in [0.1, 0.15) is 106 Å². The first-order valence-electron chi connectivity index (χ1n) is 26.3. The highest BCUT2D eigenvalue weighted by molar-refractivity contribution is 6.14. The van der Waals surface area contributed by atoms with Crippen molar-refractivity contribution < 1.29 is 59.5 Å². The minimum Gasteiger partial charge on any atom is -0.396 e. The summed E-state index contributed by atoms with van der Waals surface area (Å²) in [5.74, 6) is -0.815. The van der Waals surface area contributed by atoms with E-state index < -0.39 is 52.5 Å². The third-order valence-electron chi connectivity index (χ3n) is 12.8.